The van der Waals surface area contributed by atoms with E-state index in [9.17, 15) is 14.0 Å². The largest absolute Gasteiger partial charge is 0.444 e. The molecule has 2 heterocycles. The van der Waals surface area contributed by atoms with Gasteiger partial charge in [0.15, 0.2) is 0 Å². The smallest absolute Gasteiger partial charge is 0.410 e. The molecule has 34 heavy (non-hydrogen) atoms. The van der Waals surface area contributed by atoms with Crippen LogP contribution in [0.3, 0.4) is 0 Å². The number of fused-ring (bicyclic) bond motifs is 1. The van der Waals surface area contributed by atoms with Crippen LogP contribution in [-0.4, -0.2) is 38.8 Å². The van der Waals surface area contributed by atoms with E-state index in [-0.39, 0.29) is 23.6 Å². The quantitative estimate of drug-likeness (QED) is 0.448. The number of carbonyl (C=O) groups is 1. The summed E-state index contributed by atoms with van der Waals surface area (Å²) in [6, 6.07) is 14.8. The Morgan fingerprint density at radius 2 is 1.65 bits per heavy atom. The van der Waals surface area contributed by atoms with Gasteiger partial charge in [0.25, 0.3) is 0 Å². The molecule has 1 aromatic heterocycles. The van der Waals surface area contributed by atoms with Crippen molar-refractivity contribution < 1.29 is 13.9 Å². The molecule has 1 aliphatic heterocycles. The van der Waals surface area contributed by atoms with Crippen molar-refractivity contribution in [2.45, 2.75) is 71.1 Å². The van der Waals surface area contributed by atoms with E-state index in [2.05, 4.69) is 0 Å². The fourth-order valence-electron chi connectivity index (χ4n) is 4.72. The first-order valence-electron chi connectivity index (χ1n) is 12.2. The number of halogens is 1. The monoisotopic (exact) mass is 467 g/mol. The Morgan fingerprint density at radius 3 is 2.32 bits per heavy atom. The highest BCUT2D eigenvalue weighted by Gasteiger charge is 2.29. The number of nitrogens with zero attached hydrogens (tertiary/aromatic N) is 3. The second kappa shape index (κ2) is 10.0. The van der Waals surface area contributed by atoms with Crippen molar-refractivity contribution in [1.82, 2.24) is 14.0 Å². The maximum atomic E-state index is 13.9. The highest BCUT2D eigenvalue weighted by Crippen LogP contribution is 2.27. The number of ether oxygens (including phenoxy) is 1. The minimum atomic E-state index is -0.523. The lowest BCUT2D eigenvalue weighted by molar-refractivity contribution is 0.0188. The van der Waals surface area contributed by atoms with Crippen molar-refractivity contribution in [1.29, 1.82) is 0 Å². The summed E-state index contributed by atoms with van der Waals surface area (Å²) in [6.45, 7) is 7.31. The minimum absolute atomic E-state index is 0.0113. The number of benzene rings is 2. The van der Waals surface area contributed by atoms with Gasteiger partial charge in [-0.2, -0.15) is 0 Å². The zero-order valence-electron chi connectivity index (χ0n) is 20.3. The topological polar surface area (TPSA) is 56.5 Å². The minimum Gasteiger partial charge on any atom is -0.444 e. The van der Waals surface area contributed by atoms with E-state index >= 15 is 0 Å². The van der Waals surface area contributed by atoms with E-state index in [1.165, 1.54) is 6.07 Å². The fourth-order valence-corrected chi connectivity index (χ4v) is 4.72. The first-order valence-corrected chi connectivity index (χ1v) is 12.2. The summed E-state index contributed by atoms with van der Waals surface area (Å²) in [5.41, 5.74) is 2.03. The molecule has 182 valence electrons. The van der Waals surface area contributed by atoms with Gasteiger partial charge < -0.3 is 9.64 Å². The molecule has 0 unspecified atom stereocenters. The van der Waals surface area contributed by atoms with Gasteiger partial charge in [-0.25, -0.2) is 14.0 Å². The molecule has 1 saturated heterocycles. The van der Waals surface area contributed by atoms with E-state index in [1.807, 2.05) is 66.3 Å². The molecule has 7 heteroatoms. The van der Waals surface area contributed by atoms with Gasteiger partial charge in [0, 0.05) is 25.7 Å². The Labute approximate surface area is 199 Å². The zero-order chi connectivity index (χ0) is 24.3. The maximum absolute atomic E-state index is 13.9. The van der Waals surface area contributed by atoms with Crippen LogP contribution in [0.5, 0.6) is 0 Å². The van der Waals surface area contributed by atoms with E-state index in [4.69, 9.17) is 4.74 Å². The van der Waals surface area contributed by atoms with Crippen molar-refractivity contribution in [3.05, 3.63) is 70.4 Å². The molecule has 4 rings (SSSR count). The number of amides is 1. The third-order valence-electron chi connectivity index (χ3n) is 6.39. The summed E-state index contributed by atoms with van der Waals surface area (Å²) in [7, 11) is 0. The number of imidazole rings is 1. The van der Waals surface area contributed by atoms with Crippen molar-refractivity contribution in [3.8, 4) is 0 Å². The number of likely N-dealkylation sites (tertiary alicyclic amines) is 1. The van der Waals surface area contributed by atoms with Crippen molar-refractivity contribution >= 4 is 17.1 Å². The van der Waals surface area contributed by atoms with Crippen LogP contribution < -0.4 is 5.69 Å². The van der Waals surface area contributed by atoms with Gasteiger partial charge in [0.1, 0.15) is 11.4 Å². The van der Waals surface area contributed by atoms with Crippen LogP contribution in [0.15, 0.2) is 53.3 Å². The van der Waals surface area contributed by atoms with Gasteiger partial charge in [-0.1, -0.05) is 30.3 Å². The predicted octanol–water partition coefficient (Wildman–Crippen LogP) is 5.54. The number of piperidine rings is 1. The summed E-state index contributed by atoms with van der Waals surface area (Å²) >= 11 is 0. The van der Waals surface area contributed by atoms with Crippen LogP contribution >= 0.6 is 0 Å². The third kappa shape index (κ3) is 5.34. The van der Waals surface area contributed by atoms with Crippen molar-refractivity contribution in [2.24, 2.45) is 0 Å². The molecule has 0 atom stereocenters. The lowest BCUT2D eigenvalue weighted by atomic mass is 10.0. The standard InChI is InChI=1S/C27H34FN3O3/c1-27(2,3)34-26(33)29-18-15-21(16-19-29)31-24-14-7-6-13-23(24)30(25(31)32)17-9-8-11-20-10-4-5-12-22(20)28/h4-7,10,12-14,21H,8-9,11,15-19H2,1-3H3. The molecular formula is C27H34FN3O3. The van der Waals surface area contributed by atoms with Crippen molar-refractivity contribution in [2.75, 3.05) is 13.1 Å². The SMILES string of the molecule is CC(C)(C)OC(=O)N1CCC(n2c(=O)n(CCCCc3ccccc3F)c3ccccc32)CC1. The number of hydrogen-bond acceptors (Lipinski definition) is 3. The normalized spacial score (nSPS) is 15.1. The molecule has 0 radical (unpaired) electrons. The Hall–Kier alpha value is -3.09. The Morgan fingerprint density at radius 1 is 1.00 bits per heavy atom. The number of carbonyl (C=O) groups excluding carboxylic acids is 1. The Balaban J connectivity index is 1.45. The number of rotatable bonds is 6. The van der Waals surface area contributed by atoms with E-state index in [1.54, 1.807) is 11.0 Å². The third-order valence-corrected chi connectivity index (χ3v) is 6.39. The summed E-state index contributed by atoms with van der Waals surface area (Å²) in [5, 5.41) is 0. The lowest BCUT2D eigenvalue weighted by Gasteiger charge is -2.33. The van der Waals surface area contributed by atoms with E-state index < -0.39 is 5.60 Å². The molecule has 0 spiro atoms. The fraction of sp³-hybridized carbons (Fsp3) is 0.481. The predicted molar refractivity (Wildman–Crippen MR) is 132 cm³/mol. The molecule has 1 fully saturated rings. The van der Waals surface area contributed by atoms with Crippen LogP contribution in [0.2, 0.25) is 0 Å². The molecule has 1 amide bonds. The van der Waals surface area contributed by atoms with Gasteiger partial charge in [0.2, 0.25) is 0 Å². The van der Waals surface area contributed by atoms with E-state index in [0.717, 1.165) is 23.9 Å². The number of hydrogen-bond donors (Lipinski definition) is 0. The molecule has 6 nitrogen and oxygen atoms in total. The van der Waals surface area contributed by atoms with Crippen LogP contribution in [0.4, 0.5) is 9.18 Å². The summed E-state index contributed by atoms with van der Waals surface area (Å²) in [4.78, 5) is 27.6. The number of aromatic nitrogens is 2. The van der Waals surface area contributed by atoms with Gasteiger partial charge in [0.05, 0.1) is 11.0 Å². The molecular weight excluding hydrogens is 433 g/mol. The molecule has 0 bridgehead atoms. The molecule has 0 saturated carbocycles. The van der Waals surface area contributed by atoms with Crippen LogP contribution in [-0.2, 0) is 17.7 Å². The van der Waals surface area contributed by atoms with E-state index in [0.29, 0.717) is 44.5 Å². The molecule has 1 aliphatic rings. The van der Waals surface area contributed by atoms with Gasteiger partial charge in [-0.05, 0) is 76.6 Å². The highest BCUT2D eigenvalue weighted by atomic mass is 19.1. The number of aryl methyl sites for hydroxylation is 2. The molecule has 3 aromatic rings. The lowest BCUT2D eigenvalue weighted by Crippen LogP contribution is -2.43. The Kier molecular flexibility index (Phi) is 7.10. The van der Waals surface area contributed by atoms with Crippen LogP contribution in [0.1, 0.15) is 58.1 Å². The molecule has 0 aliphatic carbocycles. The number of para-hydroxylation sites is 2. The second-order valence-electron chi connectivity index (χ2n) is 10.0. The summed E-state index contributed by atoms with van der Waals surface area (Å²) < 4.78 is 23.1. The second-order valence-corrected chi connectivity index (χ2v) is 10.0. The molecule has 2 aromatic carbocycles. The first kappa shape index (κ1) is 24.0. The van der Waals surface area contributed by atoms with Crippen LogP contribution in [0, 0.1) is 5.82 Å². The van der Waals surface area contributed by atoms with Crippen molar-refractivity contribution in [3.63, 3.8) is 0 Å². The number of unbranched alkanes of at least 4 members (excludes halogenated alkanes) is 1. The van der Waals surface area contributed by atoms with Gasteiger partial charge >= 0.3 is 11.8 Å². The highest BCUT2D eigenvalue weighted by molar-refractivity contribution is 5.76. The first-order chi connectivity index (χ1) is 16.2. The summed E-state index contributed by atoms with van der Waals surface area (Å²) in [5.74, 6) is -0.172. The zero-order valence-corrected chi connectivity index (χ0v) is 20.3. The Bertz CT molecular complexity index is 1200. The average molecular weight is 468 g/mol. The van der Waals surface area contributed by atoms with Gasteiger partial charge in [-0.15, -0.1) is 0 Å². The summed E-state index contributed by atoms with van der Waals surface area (Å²) in [6.07, 6.45) is 3.38. The van der Waals surface area contributed by atoms with Gasteiger partial charge in [-0.3, -0.25) is 9.13 Å². The average Bonchev–Trinajstić information content (AvgIpc) is 3.08. The molecule has 0 N–H and O–H groups in total. The van der Waals surface area contributed by atoms with Crippen LogP contribution in [0.25, 0.3) is 11.0 Å². The maximum Gasteiger partial charge on any atom is 0.410 e.